The smallest absolute Gasteiger partial charge is 0.255 e. The zero-order valence-electron chi connectivity index (χ0n) is 11.8. The van der Waals surface area contributed by atoms with Crippen molar-refractivity contribution < 1.29 is 4.79 Å². The minimum atomic E-state index is -0.226. The molecule has 106 valence electrons. The Bertz CT molecular complexity index is 837. The predicted octanol–water partition coefficient (Wildman–Crippen LogP) is 2.18. The van der Waals surface area contributed by atoms with Crippen molar-refractivity contribution in [2.75, 3.05) is 11.1 Å². The second-order valence-electron chi connectivity index (χ2n) is 4.94. The molecule has 0 spiro atoms. The summed E-state index contributed by atoms with van der Waals surface area (Å²) >= 11 is 0. The molecule has 1 aromatic carbocycles. The second-order valence-corrected chi connectivity index (χ2v) is 4.94. The van der Waals surface area contributed by atoms with Gasteiger partial charge in [-0.2, -0.15) is 0 Å². The van der Waals surface area contributed by atoms with Crippen LogP contribution in [-0.4, -0.2) is 20.5 Å². The topological polar surface area (TPSA) is 85.3 Å². The minimum Gasteiger partial charge on any atom is -0.397 e. The summed E-state index contributed by atoms with van der Waals surface area (Å²) in [6.07, 6.45) is 1.78. The van der Waals surface area contributed by atoms with E-state index in [0.717, 1.165) is 11.4 Å². The van der Waals surface area contributed by atoms with Gasteiger partial charge in [-0.1, -0.05) is 6.07 Å². The van der Waals surface area contributed by atoms with E-state index in [9.17, 15) is 4.79 Å². The third kappa shape index (κ3) is 2.43. The number of nitrogens with two attached hydrogens (primary N) is 1. The van der Waals surface area contributed by atoms with Crippen LogP contribution in [0.15, 0.2) is 36.5 Å². The summed E-state index contributed by atoms with van der Waals surface area (Å²) in [6, 6.07) is 8.94. The molecule has 3 N–H and O–H groups in total. The molecule has 3 aromatic rings. The number of nitrogens with one attached hydrogen (secondary N) is 1. The first-order chi connectivity index (χ1) is 10.0. The molecule has 0 atom stereocenters. The van der Waals surface area contributed by atoms with Gasteiger partial charge in [0.05, 0.1) is 11.4 Å². The molecule has 0 aliphatic rings. The van der Waals surface area contributed by atoms with Crippen LogP contribution in [0.2, 0.25) is 0 Å². The Kier molecular flexibility index (Phi) is 3.06. The first-order valence-electron chi connectivity index (χ1n) is 6.53. The maximum absolute atomic E-state index is 12.3. The fourth-order valence-corrected chi connectivity index (χ4v) is 2.12. The number of hydrogen-bond donors (Lipinski definition) is 2. The van der Waals surface area contributed by atoms with E-state index in [1.54, 1.807) is 24.4 Å². The minimum absolute atomic E-state index is 0.226. The van der Waals surface area contributed by atoms with E-state index in [4.69, 9.17) is 5.73 Å². The molecule has 0 radical (unpaired) electrons. The van der Waals surface area contributed by atoms with Crippen molar-refractivity contribution in [3.8, 4) is 0 Å². The van der Waals surface area contributed by atoms with Gasteiger partial charge in [-0.15, -0.1) is 10.2 Å². The van der Waals surface area contributed by atoms with Crippen molar-refractivity contribution in [3.63, 3.8) is 0 Å². The normalized spacial score (nSPS) is 10.8. The number of benzene rings is 1. The van der Waals surface area contributed by atoms with Crippen LogP contribution in [0.4, 0.5) is 11.4 Å². The molecule has 6 heteroatoms. The lowest BCUT2D eigenvalue weighted by molar-refractivity contribution is 0.102. The van der Waals surface area contributed by atoms with Crippen LogP contribution in [-0.2, 0) is 0 Å². The van der Waals surface area contributed by atoms with E-state index in [0.29, 0.717) is 22.6 Å². The van der Waals surface area contributed by atoms with Gasteiger partial charge in [0, 0.05) is 11.8 Å². The molecule has 1 amide bonds. The highest BCUT2D eigenvalue weighted by atomic mass is 16.1. The van der Waals surface area contributed by atoms with Crippen LogP contribution in [0, 0.1) is 13.8 Å². The summed E-state index contributed by atoms with van der Waals surface area (Å²) in [6.45, 7) is 3.80. The Morgan fingerprint density at radius 2 is 2.00 bits per heavy atom. The maximum Gasteiger partial charge on any atom is 0.255 e. The van der Waals surface area contributed by atoms with E-state index in [-0.39, 0.29) is 5.91 Å². The fourth-order valence-electron chi connectivity index (χ4n) is 2.12. The summed E-state index contributed by atoms with van der Waals surface area (Å²) in [5.41, 5.74) is 9.19. The first kappa shape index (κ1) is 13.1. The van der Waals surface area contributed by atoms with Crippen molar-refractivity contribution in [3.05, 3.63) is 53.5 Å². The number of nitrogens with zero attached hydrogens (tertiary/aromatic N) is 3. The summed E-state index contributed by atoms with van der Waals surface area (Å²) < 4.78 is 1.82. The van der Waals surface area contributed by atoms with E-state index in [2.05, 4.69) is 15.5 Å². The van der Waals surface area contributed by atoms with Crippen LogP contribution < -0.4 is 11.1 Å². The number of aryl methyl sites for hydroxylation is 2. The SMILES string of the molecule is Cc1ccc(N)c(NC(=O)c2ccn3c(C)nnc3c2)c1. The Balaban J connectivity index is 1.91. The van der Waals surface area contributed by atoms with Crippen LogP contribution in [0.5, 0.6) is 0 Å². The van der Waals surface area contributed by atoms with Crippen LogP contribution in [0.25, 0.3) is 5.65 Å². The molecule has 21 heavy (non-hydrogen) atoms. The number of amides is 1. The number of hydrogen-bond acceptors (Lipinski definition) is 4. The average Bonchev–Trinajstić information content (AvgIpc) is 2.84. The molecule has 0 fully saturated rings. The molecule has 6 nitrogen and oxygen atoms in total. The third-order valence-corrected chi connectivity index (χ3v) is 3.30. The molecule has 3 rings (SSSR count). The predicted molar refractivity (Wildman–Crippen MR) is 81.3 cm³/mol. The summed E-state index contributed by atoms with van der Waals surface area (Å²) in [4.78, 5) is 12.3. The Hall–Kier alpha value is -2.89. The first-order valence-corrected chi connectivity index (χ1v) is 6.53. The lowest BCUT2D eigenvalue weighted by atomic mass is 10.2. The van der Waals surface area contributed by atoms with Crippen LogP contribution in [0.3, 0.4) is 0 Å². The fraction of sp³-hybridized carbons (Fsp3) is 0.133. The zero-order chi connectivity index (χ0) is 15.0. The summed E-state index contributed by atoms with van der Waals surface area (Å²) in [5, 5.41) is 10.8. The molecule has 0 aliphatic heterocycles. The van der Waals surface area contributed by atoms with E-state index in [1.165, 1.54) is 0 Å². The molecular formula is C15H15N5O. The lowest BCUT2D eigenvalue weighted by Gasteiger charge is -2.09. The number of carbonyl (C=O) groups excluding carboxylic acids is 1. The molecule has 0 saturated carbocycles. The Morgan fingerprint density at radius 1 is 1.19 bits per heavy atom. The van der Waals surface area contributed by atoms with Gasteiger partial charge < -0.3 is 11.1 Å². The number of aromatic nitrogens is 3. The quantitative estimate of drug-likeness (QED) is 0.705. The Morgan fingerprint density at radius 3 is 2.81 bits per heavy atom. The number of carbonyl (C=O) groups is 1. The van der Waals surface area contributed by atoms with Crippen molar-refractivity contribution in [2.45, 2.75) is 13.8 Å². The zero-order valence-corrected chi connectivity index (χ0v) is 11.8. The van der Waals surface area contributed by atoms with Gasteiger partial charge in [0.15, 0.2) is 5.65 Å². The summed E-state index contributed by atoms with van der Waals surface area (Å²) in [5.74, 6) is 0.551. The van der Waals surface area contributed by atoms with E-state index < -0.39 is 0 Å². The monoisotopic (exact) mass is 281 g/mol. The molecule has 2 aromatic heterocycles. The largest absolute Gasteiger partial charge is 0.397 e. The van der Waals surface area contributed by atoms with Gasteiger partial charge in [0.25, 0.3) is 5.91 Å². The molecular weight excluding hydrogens is 266 g/mol. The molecule has 0 aliphatic carbocycles. The molecule has 0 unspecified atom stereocenters. The number of pyridine rings is 1. The van der Waals surface area contributed by atoms with Gasteiger partial charge in [-0.05, 0) is 43.7 Å². The number of anilines is 2. The van der Waals surface area contributed by atoms with Crippen molar-refractivity contribution in [1.29, 1.82) is 0 Å². The van der Waals surface area contributed by atoms with E-state index >= 15 is 0 Å². The number of nitrogen functional groups attached to an aromatic ring is 1. The highest BCUT2D eigenvalue weighted by Gasteiger charge is 2.10. The van der Waals surface area contributed by atoms with Gasteiger partial charge in [0.1, 0.15) is 5.82 Å². The molecule has 2 heterocycles. The van der Waals surface area contributed by atoms with Crippen LogP contribution >= 0.6 is 0 Å². The van der Waals surface area contributed by atoms with Crippen molar-refractivity contribution >= 4 is 22.9 Å². The lowest BCUT2D eigenvalue weighted by Crippen LogP contribution is -2.13. The number of rotatable bonds is 2. The highest BCUT2D eigenvalue weighted by Crippen LogP contribution is 2.20. The molecule has 0 bridgehead atoms. The molecule has 0 saturated heterocycles. The maximum atomic E-state index is 12.3. The van der Waals surface area contributed by atoms with Crippen LogP contribution in [0.1, 0.15) is 21.7 Å². The number of fused-ring (bicyclic) bond motifs is 1. The van der Waals surface area contributed by atoms with Gasteiger partial charge in [-0.3, -0.25) is 9.20 Å². The highest BCUT2D eigenvalue weighted by molar-refractivity contribution is 6.06. The van der Waals surface area contributed by atoms with Gasteiger partial charge in [-0.25, -0.2) is 0 Å². The second kappa shape index (κ2) is 4.90. The average molecular weight is 281 g/mol. The van der Waals surface area contributed by atoms with E-state index in [1.807, 2.05) is 30.4 Å². The van der Waals surface area contributed by atoms with Crippen molar-refractivity contribution in [2.24, 2.45) is 0 Å². The van der Waals surface area contributed by atoms with Gasteiger partial charge >= 0.3 is 0 Å². The van der Waals surface area contributed by atoms with Crippen molar-refractivity contribution in [1.82, 2.24) is 14.6 Å². The van der Waals surface area contributed by atoms with Gasteiger partial charge in [0.2, 0.25) is 0 Å². The Labute approximate surface area is 121 Å². The standard InChI is InChI=1S/C15H15N5O/c1-9-3-4-12(16)13(7-9)17-15(21)11-5-6-20-10(2)18-19-14(20)8-11/h3-8H,16H2,1-2H3,(H,17,21). The summed E-state index contributed by atoms with van der Waals surface area (Å²) in [7, 11) is 0. The third-order valence-electron chi connectivity index (χ3n) is 3.30.